The molecular formula is C17H12Cl3NO. The Hall–Kier alpha value is -1.61. The highest BCUT2D eigenvalue weighted by Crippen LogP contribution is 2.26. The van der Waals surface area contributed by atoms with Gasteiger partial charge in [0.05, 0.1) is 6.54 Å². The first-order valence-electron chi connectivity index (χ1n) is 6.65. The van der Waals surface area contributed by atoms with Crippen molar-refractivity contribution in [3.63, 3.8) is 0 Å². The van der Waals surface area contributed by atoms with Gasteiger partial charge in [-0.05, 0) is 54.6 Å². The highest BCUT2D eigenvalue weighted by molar-refractivity contribution is 6.35. The first-order valence-corrected chi connectivity index (χ1v) is 7.78. The minimum atomic E-state index is 0.546. The molecule has 5 heteroatoms. The quantitative estimate of drug-likeness (QED) is 0.578. The predicted octanol–water partition coefficient (Wildman–Crippen LogP) is 6.52. The molecule has 2 nitrogen and oxygen atoms in total. The molecule has 0 atom stereocenters. The van der Waals surface area contributed by atoms with E-state index >= 15 is 0 Å². The Morgan fingerprint density at radius 1 is 0.773 bits per heavy atom. The lowest BCUT2D eigenvalue weighted by atomic mass is 10.2. The first kappa shape index (κ1) is 15.3. The van der Waals surface area contributed by atoms with Crippen molar-refractivity contribution in [3.05, 3.63) is 75.4 Å². The zero-order chi connectivity index (χ0) is 15.5. The van der Waals surface area contributed by atoms with E-state index in [1.165, 1.54) is 0 Å². The van der Waals surface area contributed by atoms with Crippen molar-refractivity contribution in [1.82, 2.24) is 0 Å². The summed E-state index contributed by atoms with van der Waals surface area (Å²) in [4.78, 5) is 0. The molecule has 1 heterocycles. The van der Waals surface area contributed by atoms with Gasteiger partial charge < -0.3 is 9.73 Å². The van der Waals surface area contributed by atoms with Crippen LogP contribution in [0.2, 0.25) is 15.1 Å². The van der Waals surface area contributed by atoms with Gasteiger partial charge in [0, 0.05) is 26.3 Å². The van der Waals surface area contributed by atoms with Crippen LogP contribution in [0.25, 0.3) is 11.3 Å². The maximum atomic E-state index is 5.97. The zero-order valence-corrected chi connectivity index (χ0v) is 13.7. The minimum Gasteiger partial charge on any atom is -0.459 e. The van der Waals surface area contributed by atoms with Crippen LogP contribution in [0.4, 0.5) is 5.69 Å². The average Bonchev–Trinajstić information content (AvgIpc) is 2.94. The van der Waals surface area contributed by atoms with Crippen LogP contribution in [0.3, 0.4) is 0 Å². The van der Waals surface area contributed by atoms with Gasteiger partial charge in [0.2, 0.25) is 0 Å². The van der Waals surface area contributed by atoms with Gasteiger partial charge >= 0.3 is 0 Å². The zero-order valence-electron chi connectivity index (χ0n) is 11.4. The van der Waals surface area contributed by atoms with Crippen molar-refractivity contribution >= 4 is 40.5 Å². The second kappa shape index (κ2) is 6.66. The highest BCUT2D eigenvalue weighted by atomic mass is 35.5. The van der Waals surface area contributed by atoms with Crippen LogP contribution >= 0.6 is 34.8 Å². The molecule has 0 radical (unpaired) electrons. The Morgan fingerprint density at radius 3 is 2.14 bits per heavy atom. The lowest BCUT2D eigenvalue weighted by Crippen LogP contribution is -1.97. The van der Waals surface area contributed by atoms with Crippen LogP contribution in [-0.2, 0) is 6.54 Å². The largest absolute Gasteiger partial charge is 0.459 e. The Kier molecular flexibility index (Phi) is 4.63. The lowest BCUT2D eigenvalue weighted by molar-refractivity contribution is 0.531. The topological polar surface area (TPSA) is 25.2 Å². The third-order valence-electron chi connectivity index (χ3n) is 3.12. The summed E-state index contributed by atoms with van der Waals surface area (Å²) in [6, 6.07) is 16.7. The molecule has 0 aliphatic rings. The van der Waals surface area contributed by atoms with E-state index in [4.69, 9.17) is 39.2 Å². The van der Waals surface area contributed by atoms with Crippen LogP contribution in [0.1, 0.15) is 5.76 Å². The van der Waals surface area contributed by atoms with Gasteiger partial charge in [0.25, 0.3) is 0 Å². The molecule has 0 saturated carbocycles. The van der Waals surface area contributed by atoms with Crippen molar-refractivity contribution in [2.45, 2.75) is 6.54 Å². The average molecular weight is 353 g/mol. The molecule has 0 saturated heterocycles. The number of halogens is 3. The molecular weight excluding hydrogens is 341 g/mol. The van der Waals surface area contributed by atoms with E-state index in [1.807, 2.05) is 48.5 Å². The van der Waals surface area contributed by atoms with Crippen molar-refractivity contribution in [3.8, 4) is 11.3 Å². The molecule has 0 spiro atoms. The fourth-order valence-corrected chi connectivity index (χ4v) is 2.74. The van der Waals surface area contributed by atoms with Crippen LogP contribution < -0.4 is 5.32 Å². The Bertz CT molecular complexity index is 761. The third kappa shape index (κ3) is 3.77. The van der Waals surface area contributed by atoms with E-state index in [2.05, 4.69) is 5.32 Å². The van der Waals surface area contributed by atoms with Gasteiger partial charge in [-0.25, -0.2) is 0 Å². The van der Waals surface area contributed by atoms with Crippen LogP contribution in [0, 0.1) is 0 Å². The summed E-state index contributed by atoms with van der Waals surface area (Å²) in [5.74, 6) is 1.62. The number of furan rings is 1. The molecule has 0 bridgehead atoms. The minimum absolute atomic E-state index is 0.546. The molecule has 3 aromatic rings. The van der Waals surface area contributed by atoms with Crippen molar-refractivity contribution < 1.29 is 4.42 Å². The van der Waals surface area contributed by atoms with Gasteiger partial charge in [-0.3, -0.25) is 0 Å². The standard InChI is InChI=1S/C17H12Cl3NO/c18-12-3-1-11(2-4-12)17-6-5-16(22-17)10-21-15-8-13(19)7-14(20)9-15/h1-9,21H,10H2. The number of hydrogen-bond donors (Lipinski definition) is 1. The Balaban J connectivity index is 1.70. The first-order chi connectivity index (χ1) is 10.6. The summed E-state index contributed by atoms with van der Waals surface area (Å²) in [5, 5.41) is 5.12. The normalized spacial score (nSPS) is 10.7. The van der Waals surface area contributed by atoms with Gasteiger partial charge in [-0.15, -0.1) is 0 Å². The number of nitrogens with one attached hydrogen (secondary N) is 1. The van der Waals surface area contributed by atoms with E-state index in [-0.39, 0.29) is 0 Å². The maximum absolute atomic E-state index is 5.97. The summed E-state index contributed by atoms with van der Waals surface area (Å²) in [6.45, 7) is 0.546. The lowest BCUT2D eigenvalue weighted by Gasteiger charge is -2.05. The van der Waals surface area contributed by atoms with Gasteiger partial charge in [0.1, 0.15) is 11.5 Å². The number of anilines is 1. The smallest absolute Gasteiger partial charge is 0.134 e. The summed E-state index contributed by atoms with van der Waals surface area (Å²) in [6.07, 6.45) is 0. The molecule has 112 valence electrons. The fraction of sp³-hybridized carbons (Fsp3) is 0.0588. The van der Waals surface area contributed by atoms with Crippen LogP contribution in [-0.4, -0.2) is 0 Å². The molecule has 0 aliphatic carbocycles. The molecule has 0 unspecified atom stereocenters. The van der Waals surface area contributed by atoms with E-state index < -0.39 is 0 Å². The van der Waals surface area contributed by atoms with E-state index in [0.29, 0.717) is 21.6 Å². The van der Waals surface area contributed by atoms with Gasteiger partial charge in [-0.2, -0.15) is 0 Å². The summed E-state index contributed by atoms with van der Waals surface area (Å²) in [7, 11) is 0. The fourth-order valence-electron chi connectivity index (χ4n) is 2.09. The third-order valence-corrected chi connectivity index (χ3v) is 3.81. The maximum Gasteiger partial charge on any atom is 0.134 e. The summed E-state index contributed by atoms with van der Waals surface area (Å²) < 4.78 is 5.82. The number of benzene rings is 2. The second-order valence-electron chi connectivity index (χ2n) is 4.78. The molecule has 0 fully saturated rings. The molecule has 22 heavy (non-hydrogen) atoms. The van der Waals surface area contributed by atoms with E-state index in [1.54, 1.807) is 6.07 Å². The molecule has 0 amide bonds. The van der Waals surface area contributed by atoms with Crippen LogP contribution in [0.15, 0.2) is 59.0 Å². The highest BCUT2D eigenvalue weighted by Gasteiger charge is 2.05. The monoisotopic (exact) mass is 351 g/mol. The summed E-state index contributed by atoms with van der Waals surface area (Å²) in [5.41, 5.74) is 1.84. The SMILES string of the molecule is Clc1ccc(-c2ccc(CNc3cc(Cl)cc(Cl)c3)o2)cc1. The van der Waals surface area contributed by atoms with Crippen molar-refractivity contribution in [2.75, 3.05) is 5.32 Å². The second-order valence-corrected chi connectivity index (χ2v) is 6.09. The van der Waals surface area contributed by atoms with Gasteiger partial charge in [0.15, 0.2) is 0 Å². The van der Waals surface area contributed by atoms with Gasteiger partial charge in [-0.1, -0.05) is 34.8 Å². The number of rotatable bonds is 4. The molecule has 2 aromatic carbocycles. The van der Waals surface area contributed by atoms with E-state index in [0.717, 1.165) is 22.8 Å². The molecule has 1 N–H and O–H groups in total. The number of hydrogen-bond acceptors (Lipinski definition) is 2. The van der Waals surface area contributed by atoms with Crippen molar-refractivity contribution in [2.24, 2.45) is 0 Å². The molecule has 1 aromatic heterocycles. The van der Waals surface area contributed by atoms with Crippen LogP contribution in [0.5, 0.6) is 0 Å². The molecule has 3 rings (SSSR count). The molecule has 0 aliphatic heterocycles. The predicted molar refractivity (Wildman–Crippen MR) is 92.9 cm³/mol. The Labute approximate surface area is 143 Å². The van der Waals surface area contributed by atoms with Crippen molar-refractivity contribution in [1.29, 1.82) is 0 Å². The van der Waals surface area contributed by atoms with E-state index in [9.17, 15) is 0 Å². The summed E-state index contributed by atoms with van der Waals surface area (Å²) >= 11 is 17.8. The Morgan fingerprint density at radius 2 is 1.45 bits per heavy atom.